The second-order valence-electron chi connectivity index (χ2n) is 10.4. The first-order chi connectivity index (χ1) is 13.8. The highest BCUT2D eigenvalue weighted by molar-refractivity contribution is 5.91. The molecule has 3 saturated carbocycles. The molecule has 4 rings (SSSR count). The number of hydrogen-bond acceptors (Lipinski definition) is 4. The third kappa shape index (κ3) is 3.54. The van der Waals surface area contributed by atoms with Crippen molar-refractivity contribution in [3.05, 3.63) is 11.6 Å². The van der Waals surface area contributed by atoms with E-state index >= 15 is 0 Å². The summed E-state index contributed by atoms with van der Waals surface area (Å²) in [6.45, 7) is 9.39. The molecule has 0 aromatic heterocycles. The summed E-state index contributed by atoms with van der Waals surface area (Å²) in [6.07, 6.45) is 10.2. The van der Waals surface area contributed by atoms with Crippen LogP contribution in [0.2, 0.25) is 0 Å². The Bertz CT molecular complexity index is 697. The molecule has 0 heterocycles. The van der Waals surface area contributed by atoms with Gasteiger partial charge in [-0.3, -0.25) is 9.59 Å². The lowest BCUT2D eigenvalue weighted by Crippen LogP contribution is -2.51. The summed E-state index contributed by atoms with van der Waals surface area (Å²) < 4.78 is 11.1. The molecule has 4 aliphatic rings. The van der Waals surface area contributed by atoms with Crippen LogP contribution in [0.3, 0.4) is 0 Å². The maximum Gasteiger partial charge on any atom is 0.162 e. The number of hydrogen-bond donors (Lipinski definition) is 0. The van der Waals surface area contributed by atoms with Gasteiger partial charge in [0.1, 0.15) is 6.61 Å². The predicted octanol–water partition coefficient (Wildman–Crippen LogP) is 5.10. The van der Waals surface area contributed by atoms with Crippen LogP contribution in [-0.4, -0.2) is 31.1 Å². The first-order valence-electron chi connectivity index (χ1n) is 11.8. The van der Waals surface area contributed by atoms with Crippen molar-refractivity contribution in [2.24, 2.45) is 34.5 Å². The monoisotopic (exact) mass is 402 g/mol. The van der Waals surface area contributed by atoms with Crippen LogP contribution >= 0.6 is 0 Å². The highest BCUT2D eigenvalue weighted by Crippen LogP contribution is 2.66. The summed E-state index contributed by atoms with van der Waals surface area (Å²) >= 11 is 0. The maximum absolute atomic E-state index is 13.1. The lowest BCUT2D eigenvalue weighted by atomic mass is 9.46. The molecule has 0 aromatic carbocycles. The van der Waals surface area contributed by atoms with E-state index in [2.05, 4.69) is 13.8 Å². The van der Waals surface area contributed by atoms with Gasteiger partial charge < -0.3 is 9.47 Å². The fourth-order valence-corrected chi connectivity index (χ4v) is 7.67. The van der Waals surface area contributed by atoms with Gasteiger partial charge in [0, 0.05) is 18.9 Å². The van der Waals surface area contributed by atoms with Gasteiger partial charge in [-0.2, -0.15) is 0 Å². The zero-order chi connectivity index (χ0) is 20.8. The molecule has 1 unspecified atom stereocenters. The molecule has 7 atom stereocenters. The normalized spacial score (nSPS) is 42.5. The second kappa shape index (κ2) is 7.92. The minimum Gasteiger partial charge on any atom is -0.353 e. The molecule has 0 spiro atoms. The SMILES string of the molecule is CCOC(C)OCC(=O)[C@H]1CC[C@H]2[C@@H]3CCC4=CC(=O)CC[C@]4(C)[C@H]3CC[C@]12C. The highest BCUT2D eigenvalue weighted by Gasteiger charge is 2.60. The second-order valence-corrected chi connectivity index (χ2v) is 10.4. The Morgan fingerprint density at radius 2 is 1.90 bits per heavy atom. The molecule has 4 aliphatic carbocycles. The molecular weight excluding hydrogens is 364 g/mol. The van der Waals surface area contributed by atoms with E-state index in [1.165, 1.54) is 24.8 Å². The number of fused-ring (bicyclic) bond motifs is 5. The van der Waals surface area contributed by atoms with Gasteiger partial charge in [0.05, 0.1) is 0 Å². The zero-order valence-electron chi connectivity index (χ0n) is 18.7. The Morgan fingerprint density at radius 1 is 1.10 bits per heavy atom. The zero-order valence-corrected chi connectivity index (χ0v) is 18.7. The topological polar surface area (TPSA) is 52.6 Å². The quantitative estimate of drug-likeness (QED) is 0.580. The highest BCUT2D eigenvalue weighted by atomic mass is 16.7. The van der Waals surface area contributed by atoms with Gasteiger partial charge in [-0.15, -0.1) is 0 Å². The largest absolute Gasteiger partial charge is 0.353 e. The lowest BCUT2D eigenvalue weighted by Gasteiger charge is -2.58. The van der Waals surface area contributed by atoms with Crippen molar-refractivity contribution in [3.8, 4) is 0 Å². The number of Topliss-reactive ketones (excluding diaryl/α,β-unsaturated/α-hetero) is 1. The van der Waals surface area contributed by atoms with Gasteiger partial charge in [0.15, 0.2) is 17.9 Å². The molecule has 0 N–H and O–H groups in total. The molecule has 29 heavy (non-hydrogen) atoms. The van der Waals surface area contributed by atoms with E-state index in [4.69, 9.17) is 9.47 Å². The number of ketones is 2. The third-order valence-corrected chi connectivity index (χ3v) is 9.21. The molecule has 4 nitrogen and oxygen atoms in total. The number of ether oxygens (including phenoxy) is 2. The van der Waals surface area contributed by atoms with Gasteiger partial charge in [0.25, 0.3) is 0 Å². The number of carbonyl (C=O) groups excluding carboxylic acids is 2. The smallest absolute Gasteiger partial charge is 0.162 e. The molecule has 0 saturated heterocycles. The van der Waals surface area contributed by atoms with Gasteiger partial charge in [-0.25, -0.2) is 0 Å². The van der Waals surface area contributed by atoms with E-state index in [1.807, 2.05) is 19.9 Å². The van der Waals surface area contributed by atoms with E-state index in [0.29, 0.717) is 36.6 Å². The average molecular weight is 403 g/mol. The summed E-state index contributed by atoms with van der Waals surface area (Å²) in [4.78, 5) is 25.1. The van der Waals surface area contributed by atoms with Gasteiger partial charge in [-0.05, 0) is 93.5 Å². The van der Waals surface area contributed by atoms with Gasteiger partial charge >= 0.3 is 0 Å². The first kappa shape index (κ1) is 21.2. The van der Waals surface area contributed by atoms with Crippen LogP contribution in [0.4, 0.5) is 0 Å². The summed E-state index contributed by atoms with van der Waals surface area (Å²) in [5, 5.41) is 0. The van der Waals surface area contributed by atoms with Crippen LogP contribution in [-0.2, 0) is 19.1 Å². The third-order valence-electron chi connectivity index (χ3n) is 9.21. The van der Waals surface area contributed by atoms with E-state index in [-0.39, 0.29) is 35.4 Å². The van der Waals surface area contributed by atoms with E-state index < -0.39 is 0 Å². The van der Waals surface area contributed by atoms with Crippen LogP contribution in [0.15, 0.2) is 11.6 Å². The van der Waals surface area contributed by atoms with Crippen molar-refractivity contribution in [3.63, 3.8) is 0 Å². The van der Waals surface area contributed by atoms with Gasteiger partial charge in [-0.1, -0.05) is 19.4 Å². The lowest BCUT2D eigenvalue weighted by molar-refractivity contribution is -0.155. The van der Waals surface area contributed by atoms with E-state index in [9.17, 15) is 9.59 Å². The Morgan fingerprint density at radius 3 is 2.66 bits per heavy atom. The standard InChI is InChI=1S/C25H38O4/c1-5-28-16(2)29-15-23(27)22-9-8-20-19-7-6-17-14-18(26)10-12-24(17,3)21(19)11-13-25(20,22)4/h14,16,19-22H,5-13,15H2,1-4H3/t16?,19-,20-,21-,22+,24-,25-/m0/s1. The van der Waals surface area contributed by atoms with Crippen LogP contribution in [0.5, 0.6) is 0 Å². The Labute approximate surface area is 175 Å². The molecular formula is C25H38O4. The average Bonchev–Trinajstić information content (AvgIpc) is 3.04. The molecule has 3 fully saturated rings. The summed E-state index contributed by atoms with van der Waals surface area (Å²) in [6, 6.07) is 0. The summed E-state index contributed by atoms with van der Waals surface area (Å²) in [5.74, 6) is 2.73. The predicted molar refractivity (Wildman–Crippen MR) is 112 cm³/mol. The first-order valence-corrected chi connectivity index (χ1v) is 11.8. The maximum atomic E-state index is 13.1. The number of rotatable bonds is 6. The van der Waals surface area contributed by atoms with Crippen molar-refractivity contribution < 1.29 is 19.1 Å². The van der Waals surface area contributed by atoms with Crippen LogP contribution < -0.4 is 0 Å². The minimum absolute atomic E-state index is 0.110. The van der Waals surface area contributed by atoms with Gasteiger partial charge in [0.2, 0.25) is 0 Å². The molecule has 0 radical (unpaired) electrons. The van der Waals surface area contributed by atoms with E-state index in [0.717, 1.165) is 25.7 Å². The fraction of sp³-hybridized carbons (Fsp3) is 0.840. The molecule has 0 aromatic rings. The Hall–Kier alpha value is -1.00. The van der Waals surface area contributed by atoms with Crippen molar-refractivity contribution in [1.29, 1.82) is 0 Å². The van der Waals surface area contributed by atoms with Crippen molar-refractivity contribution in [1.82, 2.24) is 0 Å². The number of allylic oxidation sites excluding steroid dienone is 1. The molecule has 4 heteroatoms. The molecule has 0 bridgehead atoms. The van der Waals surface area contributed by atoms with Crippen molar-refractivity contribution in [2.75, 3.05) is 13.2 Å². The molecule has 0 aliphatic heterocycles. The van der Waals surface area contributed by atoms with E-state index in [1.54, 1.807) is 0 Å². The van der Waals surface area contributed by atoms with Crippen molar-refractivity contribution in [2.45, 2.75) is 85.4 Å². The van der Waals surface area contributed by atoms with Crippen LogP contribution in [0.1, 0.15) is 79.1 Å². The van der Waals surface area contributed by atoms with Crippen LogP contribution in [0, 0.1) is 34.5 Å². The number of carbonyl (C=O) groups is 2. The summed E-state index contributed by atoms with van der Waals surface area (Å²) in [7, 11) is 0. The summed E-state index contributed by atoms with van der Waals surface area (Å²) in [5.41, 5.74) is 1.73. The Kier molecular flexibility index (Phi) is 5.80. The minimum atomic E-state index is -0.317. The molecule has 0 amide bonds. The molecule has 162 valence electrons. The Balaban J connectivity index is 1.48. The van der Waals surface area contributed by atoms with Crippen molar-refractivity contribution >= 4 is 11.6 Å². The fourth-order valence-electron chi connectivity index (χ4n) is 7.67. The van der Waals surface area contributed by atoms with Crippen LogP contribution in [0.25, 0.3) is 0 Å².